The van der Waals surface area contributed by atoms with Crippen LogP contribution in [0.25, 0.3) is 6.08 Å². The fourth-order valence-corrected chi connectivity index (χ4v) is 3.98. The monoisotopic (exact) mass is 415 g/mol. The van der Waals surface area contributed by atoms with E-state index in [0.29, 0.717) is 33.0 Å². The molecule has 2 aromatic rings. The molecule has 1 aliphatic heterocycles. The first-order valence-electron chi connectivity index (χ1n) is 8.80. The van der Waals surface area contributed by atoms with Crippen LogP contribution in [0.1, 0.15) is 18.9 Å². The highest BCUT2D eigenvalue weighted by molar-refractivity contribution is 8.27. The predicted octanol–water partition coefficient (Wildman–Crippen LogP) is 4.90. The van der Waals surface area contributed by atoms with Crippen LogP contribution in [0.15, 0.2) is 47.4 Å². The lowest BCUT2D eigenvalue weighted by molar-refractivity contribution is -0.113. The van der Waals surface area contributed by atoms with Crippen molar-refractivity contribution in [2.45, 2.75) is 13.3 Å². The number of nitrogens with zero attached hydrogens (tertiary/aromatic N) is 1. The van der Waals surface area contributed by atoms with Gasteiger partial charge >= 0.3 is 0 Å². The van der Waals surface area contributed by atoms with Crippen molar-refractivity contribution in [1.29, 1.82) is 0 Å². The van der Waals surface area contributed by atoms with Crippen LogP contribution in [-0.2, 0) is 4.79 Å². The lowest BCUT2D eigenvalue weighted by atomic mass is 10.1. The highest BCUT2D eigenvalue weighted by Gasteiger charge is 2.33. The molecule has 0 aliphatic carbocycles. The molecule has 1 aliphatic rings. The summed E-state index contributed by atoms with van der Waals surface area (Å²) in [5, 5.41) is 0. The maximum Gasteiger partial charge on any atom is 0.270 e. The Morgan fingerprint density at radius 2 is 1.82 bits per heavy atom. The van der Waals surface area contributed by atoms with Gasteiger partial charge in [0.05, 0.1) is 31.4 Å². The molecule has 2 aromatic carbocycles. The number of anilines is 1. The molecule has 0 atom stereocenters. The van der Waals surface area contributed by atoms with Crippen molar-refractivity contribution in [1.82, 2.24) is 0 Å². The minimum Gasteiger partial charge on any atom is -0.497 e. The maximum absolute atomic E-state index is 12.9. The predicted molar refractivity (Wildman–Crippen MR) is 117 cm³/mol. The van der Waals surface area contributed by atoms with E-state index in [-0.39, 0.29) is 5.91 Å². The molecule has 0 N–H and O–H groups in total. The summed E-state index contributed by atoms with van der Waals surface area (Å²) in [6.45, 7) is 2.67. The molecule has 1 amide bonds. The van der Waals surface area contributed by atoms with E-state index in [2.05, 4.69) is 0 Å². The van der Waals surface area contributed by atoms with Crippen molar-refractivity contribution >= 4 is 46.0 Å². The van der Waals surface area contributed by atoms with Gasteiger partial charge in [-0.05, 0) is 54.5 Å². The van der Waals surface area contributed by atoms with Gasteiger partial charge in [0.15, 0.2) is 15.8 Å². The Morgan fingerprint density at radius 3 is 2.46 bits per heavy atom. The van der Waals surface area contributed by atoms with Gasteiger partial charge in [-0.3, -0.25) is 9.69 Å². The average molecular weight is 416 g/mol. The Kier molecular flexibility index (Phi) is 6.59. The zero-order valence-electron chi connectivity index (χ0n) is 15.9. The van der Waals surface area contributed by atoms with Gasteiger partial charge in [0.2, 0.25) is 0 Å². The van der Waals surface area contributed by atoms with Crippen LogP contribution >= 0.6 is 24.0 Å². The van der Waals surface area contributed by atoms with Gasteiger partial charge in [0, 0.05) is 0 Å². The van der Waals surface area contributed by atoms with Gasteiger partial charge in [-0.25, -0.2) is 0 Å². The van der Waals surface area contributed by atoms with Crippen LogP contribution in [0.5, 0.6) is 17.2 Å². The molecule has 0 spiro atoms. The number of carbonyl (C=O) groups is 1. The minimum atomic E-state index is -0.148. The first-order valence-corrected chi connectivity index (χ1v) is 10.0. The molecule has 1 saturated heterocycles. The van der Waals surface area contributed by atoms with E-state index in [0.717, 1.165) is 17.7 Å². The summed E-state index contributed by atoms with van der Waals surface area (Å²) >= 11 is 6.70. The summed E-state index contributed by atoms with van der Waals surface area (Å²) < 4.78 is 16.8. The van der Waals surface area contributed by atoms with E-state index in [9.17, 15) is 4.79 Å². The summed E-state index contributed by atoms with van der Waals surface area (Å²) in [4.78, 5) is 15.0. The van der Waals surface area contributed by atoms with Crippen molar-refractivity contribution in [3.63, 3.8) is 0 Å². The van der Waals surface area contributed by atoms with Gasteiger partial charge in [-0.2, -0.15) is 0 Å². The number of thiocarbonyl (C=S) groups is 1. The molecule has 0 radical (unpaired) electrons. The number of ether oxygens (including phenoxy) is 3. The number of hydrogen-bond acceptors (Lipinski definition) is 6. The number of rotatable bonds is 7. The molecule has 0 aromatic heterocycles. The number of hydrogen-bond donors (Lipinski definition) is 0. The third kappa shape index (κ3) is 4.31. The van der Waals surface area contributed by atoms with Crippen LogP contribution < -0.4 is 19.1 Å². The number of methoxy groups -OCH3 is 2. The van der Waals surface area contributed by atoms with Gasteiger partial charge in [0.1, 0.15) is 5.75 Å². The molecule has 0 unspecified atom stereocenters. The Bertz CT molecular complexity index is 909. The highest BCUT2D eigenvalue weighted by Crippen LogP contribution is 2.37. The lowest BCUT2D eigenvalue weighted by Crippen LogP contribution is -2.27. The molecule has 146 valence electrons. The van der Waals surface area contributed by atoms with Gasteiger partial charge in [-0.1, -0.05) is 37.0 Å². The molecule has 1 heterocycles. The topological polar surface area (TPSA) is 48.0 Å². The third-order valence-electron chi connectivity index (χ3n) is 4.07. The summed E-state index contributed by atoms with van der Waals surface area (Å²) in [5.74, 6) is 1.90. The smallest absolute Gasteiger partial charge is 0.270 e. The number of thioether (sulfide) groups is 1. The molecule has 28 heavy (non-hydrogen) atoms. The second-order valence-electron chi connectivity index (χ2n) is 5.97. The summed E-state index contributed by atoms with van der Waals surface area (Å²) in [7, 11) is 3.20. The molecular weight excluding hydrogens is 394 g/mol. The van der Waals surface area contributed by atoms with Gasteiger partial charge in [-0.15, -0.1) is 0 Å². The zero-order chi connectivity index (χ0) is 20.1. The van der Waals surface area contributed by atoms with Crippen LogP contribution in [-0.4, -0.2) is 31.1 Å². The van der Waals surface area contributed by atoms with Gasteiger partial charge in [0.25, 0.3) is 5.91 Å². The summed E-state index contributed by atoms with van der Waals surface area (Å²) in [5.41, 5.74) is 1.56. The quantitative estimate of drug-likeness (QED) is 0.474. The molecule has 5 nitrogen and oxygen atoms in total. The van der Waals surface area contributed by atoms with E-state index in [1.165, 1.54) is 16.7 Å². The second kappa shape index (κ2) is 9.12. The largest absolute Gasteiger partial charge is 0.497 e. The Balaban J connectivity index is 1.84. The standard InChI is InChI=1S/C21H21NO4S2/c1-4-11-26-17-10-5-14(12-18(17)25-3)13-19-20(23)22(21(27)28-19)15-6-8-16(24-2)9-7-15/h5-10,12-13H,4,11H2,1-3H3/b19-13+. The minimum absolute atomic E-state index is 0.148. The summed E-state index contributed by atoms with van der Waals surface area (Å²) in [6, 6.07) is 12.8. The van der Waals surface area contributed by atoms with E-state index >= 15 is 0 Å². The highest BCUT2D eigenvalue weighted by atomic mass is 32.2. The third-order valence-corrected chi connectivity index (χ3v) is 5.37. The fraction of sp³-hybridized carbons (Fsp3) is 0.238. The normalized spacial score (nSPS) is 15.2. The number of amides is 1. The summed E-state index contributed by atoms with van der Waals surface area (Å²) in [6.07, 6.45) is 2.73. The first-order chi connectivity index (χ1) is 13.6. The van der Waals surface area contributed by atoms with Crippen molar-refractivity contribution in [3.8, 4) is 17.2 Å². The van der Waals surface area contributed by atoms with Crippen molar-refractivity contribution in [2.24, 2.45) is 0 Å². The number of carbonyl (C=O) groups excluding carboxylic acids is 1. The molecule has 0 saturated carbocycles. The Hall–Kier alpha value is -2.51. The maximum atomic E-state index is 12.9. The van der Waals surface area contributed by atoms with Gasteiger partial charge < -0.3 is 14.2 Å². The fourth-order valence-electron chi connectivity index (χ4n) is 2.68. The lowest BCUT2D eigenvalue weighted by Gasteiger charge is -2.14. The van der Waals surface area contributed by atoms with Crippen LogP contribution in [0.2, 0.25) is 0 Å². The van der Waals surface area contributed by atoms with E-state index < -0.39 is 0 Å². The Morgan fingerprint density at radius 1 is 1.07 bits per heavy atom. The average Bonchev–Trinajstić information content (AvgIpc) is 3.00. The number of benzene rings is 2. The SMILES string of the molecule is CCCOc1ccc(/C=C2/SC(=S)N(c3ccc(OC)cc3)C2=O)cc1OC. The Labute approximate surface area is 174 Å². The van der Waals surface area contributed by atoms with Crippen molar-refractivity contribution in [3.05, 3.63) is 52.9 Å². The second-order valence-corrected chi connectivity index (χ2v) is 7.65. The molecular formula is C21H21NO4S2. The van der Waals surface area contributed by atoms with Crippen LogP contribution in [0.4, 0.5) is 5.69 Å². The van der Waals surface area contributed by atoms with Crippen LogP contribution in [0.3, 0.4) is 0 Å². The van der Waals surface area contributed by atoms with E-state index in [4.69, 9.17) is 26.4 Å². The zero-order valence-corrected chi connectivity index (χ0v) is 17.6. The molecule has 3 rings (SSSR count). The first kappa shape index (κ1) is 20.2. The van der Waals surface area contributed by atoms with Crippen LogP contribution in [0, 0.1) is 0 Å². The van der Waals surface area contributed by atoms with E-state index in [1.807, 2.05) is 43.3 Å². The van der Waals surface area contributed by atoms with Crippen molar-refractivity contribution in [2.75, 3.05) is 25.7 Å². The van der Waals surface area contributed by atoms with E-state index in [1.54, 1.807) is 26.4 Å². The molecule has 0 bridgehead atoms. The molecule has 1 fully saturated rings. The van der Waals surface area contributed by atoms with Crippen molar-refractivity contribution < 1.29 is 19.0 Å². The molecule has 7 heteroatoms.